The van der Waals surface area contributed by atoms with Crippen LogP contribution in [0.15, 0.2) is 79.0 Å². The maximum Gasteiger partial charge on any atom is 0.335 e. The van der Waals surface area contributed by atoms with Crippen molar-refractivity contribution in [3.63, 3.8) is 0 Å². The van der Waals surface area contributed by atoms with Crippen LogP contribution in [-0.4, -0.2) is 26.7 Å². The number of hydrogen-bond acceptors (Lipinski definition) is 2. The number of hydrogen-bond donors (Lipinski definition) is 2. The van der Waals surface area contributed by atoms with Gasteiger partial charge in [-0.1, -0.05) is 36.4 Å². The van der Waals surface area contributed by atoms with Gasteiger partial charge in [0.1, 0.15) is 0 Å². The zero-order chi connectivity index (χ0) is 20.4. The molecular weight excluding hydrogens is 366 g/mol. The van der Waals surface area contributed by atoms with E-state index >= 15 is 0 Å². The molecule has 0 fully saturated rings. The maximum absolute atomic E-state index is 11.2. The van der Waals surface area contributed by atoms with Gasteiger partial charge >= 0.3 is 11.9 Å². The maximum atomic E-state index is 11.2. The van der Waals surface area contributed by atoms with Gasteiger partial charge in [0, 0.05) is 18.3 Å². The lowest BCUT2D eigenvalue weighted by Crippen LogP contribution is -2.02. The minimum absolute atomic E-state index is 0.276. The average molecular weight is 385 g/mol. The Kier molecular flexibility index (Phi) is 4.87. The van der Waals surface area contributed by atoms with Crippen LogP contribution in [0.2, 0.25) is 0 Å². The van der Waals surface area contributed by atoms with Crippen molar-refractivity contribution < 1.29 is 19.8 Å². The molecule has 29 heavy (non-hydrogen) atoms. The third-order valence-electron chi connectivity index (χ3n) is 4.95. The smallest absolute Gasteiger partial charge is 0.335 e. The Morgan fingerprint density at radius 3 is 2.03 bits per heavy atom. The Morgan fingerprint density at radius 2 is 1.34 bits per heavy atom. The summed E-state index contributed by atoms with van der Waals surface area (Å²) in [5.41, 5.74) is 4.55. The van der Waals surface area contributed by atoms with Gasteiger partial charge in [0.05, 0.1) is 11.1 Å². The Bertz CT molecular complexity index is 1220. The number of benzene rings is 3. The van der Waals surface area contributed by atoms with Crippen molar-refractivity contribution in [1.82, 2.24) is 4.57 Å². The third-order valence-corrected chi connectivity index (χ3v) is 4.95. The molecule has 0 unspecified atom stereocenters. The molecule has 0 saturated carbocycles. The van der Waals surface area contributed by atoms with Crippen molar-refractivity contribution in [2.24, 2.45) is 0 Å². The van der Waals surface area contributed by atoms with Crippen LogP contribution < -0.4 is 0 Å². The van der Waals surface area contributed by atoms with Gasteiger partial charge in [0.15, 0.2) is 0 Å². The first-order valence-corrected chi connectivity index (χ1v) is 9.22. The fourth-order valence-electron chi connectivity index (χ4n) is 3.53. The first-order valence-electron chi connectivity index (χ1n) is 9.22. The highest BCUT2D eigenvalue weighted by atomic mass is 16.4. The molecule has 1 heterocycles. The van der Waals surface area contributed by atoms with E-state index < -0.39 is 11.9 Å². The van der Waals surface area contributed by atoms with Gasteiger partial charge in [-0.15, -0.1) is 0 Å². The van der Waals surface area contributed by atoms with Crippen LogP contribution in [-0.2, 0) is 13.0 Å². The number of aromatic carboxylic acids is 2. The Balaban J connectivity index is 1.63. The van der Waals surface area contributed by atoms with E-state index in [0.717, 1.165) is 27.6 Å². The summed E-state index contributed by atoms with van der Waals surface area (Å²) < 4.78 is 2.09. The molecule has 3 aromatic carbocycles. The van der Waals surface area contributed by atoms with E-state index in [1.807, 2.05) is 30.5 Å². The van der Waals surface area contributed by atoms with Crippen LogP contribution in [0.3, 0.4) is 0 Å². The second-order valence-corrected chi connectivity index (χ2v) is 7.02. The summed E-state index contributed by atoms with van der Waals surface area (Å²) in [4.78, 5) is 22.4. The Hall–Kier alpha value is -3.86. The van der Waals surface area contributed by atoms with E-state index in [0.29, 0.717) is 13.0 Å². The average Bonchev–Trinajstić information content (AvgIpc) is 3.10. The molecule has 0 spiro atoms. The third kappa shape index (κ3) is 4.04. The summed E-state index contributed by atoms with van der Waals surface area (Å²) in [6.45, 7) is 0.572. The topological polar surface area (TPSA) is 79.5 Å². The molecule has 5 nitrogen and oxygen atoms in total. The van der Waals surface area contributed by atoms with Crippen LogP contribution in [0.25, 0.3) is 10.9 Å². The Labute approximate surface area is 167 Å². The van der Waals surface area contributed by atoms with E-state index in [1.165, 1.54) is 0 Å². The van der Waals surface area contributed by atoms with Crippen molar-refractivity contribution in [2.45, 2.75) is 13.0 Å². The summed E-state index contributed by atoms with van der Waals surface area (Å²) in [7, 11) is 0. The molecule has 0 atom stereocenters. The van der Waals surface area contributed by atoms with Crippen molar-refractivity contribution in [2.75, 3.05) is 0 Å². The number of aromatic nitrogens is 1. The van der Waals surface area contributed by atoms with Gasteiger partial charge in [0.25, 0.3) is 0 Å². The zero-order valence-electron chi connectivity index (χ0n) is 15.6. The molecule has 1 aromatic heterocycles. The molecule has 5 heteroatoms. The van der Waals surface area contributed by atoms with Crippen molar-refractivity contribution in [1.29, 1.82) is 0 Å². The number of carbonyl (C=O) groups is 2. The molecule has 4 rings (SSSR count). The molecule has 0 aliphatic heterocycles. The molecule has 2 N–H and O–H groups in total. The highest BCUT2D eigenvalue weighted by molar-refractivity contribution is 5.88. The van der Waals surface area contributed by atoms with Gasteiger partial charge in [0.2, 0.25) is 0 Å². The fraction of sp³-hybridized carbons (Fsp3) is 0.0833. The van der Waals surface area contributed by atoms with Gasteiger partial charge in [-0.2, -0.15) is 0 Å². The van der Waals surface area contributed by atoms with E-state index in [1.54, 1.807) is 36.4 Å². The summed E-state index contributed by atoms with van der Waals surface area (Å²) >= 11 is 0. The number of carboxylic acid groups (broad SMARTS) is 2. The predicted octanol–water partition coefficient (Wildman–Crippen LogP) is 4.68. The van der Waals surface area contributed by atoms with Crippen LogP contribution in [0, 0.1) is 0 Å². The molecule has 0 aliphatic rings. The quantitative estimate of drug-likeness (QED) is 0.505. The minimum atomic E-state index is -0.935. The normalized spacial score (nSPS) is 10.9. The fourth-order valence-corrected chi connectivity index (χ4v) is 3.53. The first kappa shape index (κ1) is 18.5. The number of carboxylic acids is 2. The van der Waals surface area contributed by atoms with Gasteiger partial charge in [-0.3, -0.25) is 0 Å². The lowest BCUT2D eigenvalue weighted by molar-refractivity contribution is 0.0686. The lowest BCUT2D eigenvalue weighted by Gasteiger charge is -2.09. The highest BCUT2D eigenvalue weighted by Crippen LogP contribution is 2.21. The molecule has 4 aromatic rings. The molecular formula is C24H19NO4. The summed E-state index contributed by atoms with van der Waals surface area (Å²) in [6.07, 6.45) is 2.63. The van der Waals surface area contributed by atoms with Crippen LogP contribution in [0.5, 0.6) is 0 Å². The van der Waals surface area contributed by atoms with Crippen molar-refractivity contribution >= 4 is 22.8 Å². The number of rotatable bonds is 6. The van der Waals surface area contributed by atoms with Crippen LogP contribution >= 0.6 is 0 Å². The molecule has 0 saturated heterocycles. The SMILES string of the molecule is O=C(O)c1cccc(Cc2ccc3ccn(Cc4cccc(C(=O)O)c4)c3c2)c1. The second kappa shape index (κ2) is 7.64. The standard InChI is InChI=1S/C24H19NO4/c26-23(27)20-5-1-3-16(12-20)11-17-7-8-19-9-10-25(22(19)14-17)15-18-4-2-6-21(13-18)24(28)29/h1-10,12-14H,11,15H2,(H,26,27)(H,28,29). The van der Waals surface area contributed by atoms with Crippen molar-refractivity contribution in [3.05, 3.63) is 107 Å². The van der Waals surface area contributed by atoms with E-state index in [-0.39, 0.29) is 11.1 Å². The molecule has 0 aliphatic carbocycles. The lowest BCUT2D eigenvalue weighted by atomic mass is 10.0. The molecule has 0 radical (unpaired) electrons. The van der Waals surface area contributed by atoms with E-state index in [9.17, 15) is 19.8 Å². The van der Waals surface area contributed by atoms with Crippen LogP contribution in [0.1, 0.15) is 37.4 Å². The minimum Gasteiger partial charge on any atom is -0.478 e. The highest BCUT2D eigenvalue weighted by Gasteiger charge is 2.08. The monoisotopic (exact) mass is 385 g/mol. The number of fused-ring (bicyclic) bond motifs is 1. The second-order valence-electron chi connectivity index (χ2n) is 7.02. The largest absolute Gasteiger partial charge is 0.478 e. The zero-order valence-corrected chi connectivity index (χ0v) is 15.6. The first-order chi connectivity index (χ1) is 14.0. The van der Waals surface area contributed by atoms with Gasteiger partial charge in [-0.05, 0) is 64.9 Å². The summed E-state index contributed by atoms with van der Waals surface area (Å²) in [5.74, 6) is -1.87. The molecule has 144 valence electrons. The van der Waals surface area contributed by atoms with Crippen LogP contribution in [0.4, 0.5) is 0 Å². The van der Waals surface area contributed by atoms with E-state index in [4.69, 9.17) is 0 Å². The number of nitrogens with zero attached hydrogens (tertiary/aromatic N) is 1. The van der Waals surface area contributed by atoms with Crippen molar-refractivity contribution in [3.8, 4) is 0 Å². The Morgan fingerprint density at radius 1 is 0.724 bits per heavy atom. The molecule has 0 amide bonds. The van der Waals surface area contributed by atoms with E-state index in [2.05, 4.69) is 16.7 Å². The van der Waals surface area contributed by atoms with Gasteiger partial charge < -0.3 is 14.8 Å². The predicted molar refractivity (Wildman–Crippen MR) is 111 cm³/mol. The summed E-state index contributed by atoms with van der Waals surface area (Å²) in [6, 6.07) is 22.1. The molecule has 0 bridgehead atoms. The summed E-state index contributed by atoms with van der Waals surface area (Å²) in [5, 5.41) is 19.5. The van der Waals surface area contributed by atoms with Gasteiger partial charge in [-0.25, -0.2) is 9.59 Å².